The van der Waals surface area contributed by atoms with Crippen LogP contribution < -0.4 is 4.74 Å². The lowest BCUT2D eigenvalue weighted by atomic mass is 9.94. The standard InChI is InChI=1S/C24H25FN2O6/c1-32-15-6-7-17(19(28)14-15)22(29)20-21(16-4-2-3-5-18(16)25)27(24(31)23(20)30)9-8-26-10-12-33-13-11-26/h2-7,14,21,28-29H,8-13H2,1H3/t21-/m1/s1. The predicted octanol–water partition coefficient (Wildman–Crippen LogP) is 2.29. The molecule has 33 heavy (non-hydrogen) atoms. The number of aliphatic hydroxyl groups excluding tert-OH is 1. The maximum Gasteiger partial charge on any atom is 0.295 e. The van der Waals surface area contributed by atoms with E-state index in [2.05, 4.69) is 4.90 Å². The molecule has 0 spiro atoms. The van der Waals surface area contributed by atoms with E-state index in [1.807, 2.05) is 0 Å². The van der Waals surface area contributed by atoms with Gasteiger partial charge in [0.1, 0.15) is 23.1 Å². The van der Waals surface area contributed by atoms with E-state index in [0.29, 0.717) is 38.6 Å². The first-order chi connectivity index (χ1) is 15.9. The van der Waals surface area contributed by atoms with Crippen molar-refractivity contribution in [3.8, 4) is 11.5 Å². The highest BCUT2D eigenvalue weighted by Gasteiger charge is 2.47. The van der Waals surface area contributed by atoms with Crippen LogP contribution in [0.25, 0.3) is 5.76 Å². The third-order valence-corrected chi connectivity index (χ3v) is 5.96. The summed E-state index contributed by atoms with van der Waals surface area (Å²) < 4.78 is 25.2. The molecule has 0 saturated carbocycles. The topological polar surface area (TPSA) is 99.5 Å². The third kappa shape index (κ3) is 4.42. The van der Waals surface area contributed by atoms with Crippen molar-refractivity contribution in [1.82, 2.24) is 9.80 Å². The molecule has 0 unspecified atom stereocenters. The molecule has 2 aromatic rings. The lowest BCUT2D eigenvalue weighted by molar-refractivity contribution is -0.140. The monoisotopic (exact) mass is 456 g/mol. The van der Waals surface area contributed by atoms with Gasteiger partial charge in [-0.05, 0) is 18.2 Å². The molecule has 2 saturated heterocycles. The Balaban J connectivity index is 1.77. The Morgan fingerprint density at radius 3 is 2.55 bits per heavy atom. The molecule has 0 aliphatic carbocycles. The molecule has 2 N–H and O–H groups in total. The van der Waals surface area contributed by atoms with Crippen molar-refractivity contribution < 1.29 is 33.7 Å². The van der Waals surface area contributed by atoms with E-state index in [1.165, 1.54) is 48.4 Å². The van der Waals surface area contributed by atoms with Gasteiger partial charge >= 0.3 is 0 Å². The van der Waals surface area contributed by atoms with Gasteiger partial charge in [-0.3, -0.25) is 14.5 Å². The van der Waals surface area contributed by atoms with Gasteiger partial charge in [-0.25, -0.2) is 4.39 Å². The van der Waals surface area contributed by atoms with E-state index >= 15 is 0 Å². The largest absolute Gasteiger partial charge is 0.507 e. The number of carbonyl (C=O) groups is 2. The number of benzene rings is 2. The predicted molar refractivity (Wildman–Crippen MR) is 117 cm³/mol. The molecule has 4 rings (SSSR count). The summed E-state index contributed by atoms with van der Waals surface area (Å²) >= 11 is 0. The molecule has 2 aliphatic rings. The van der Waals surface area contributed by atoms with Gasteiger partial charge in [0, 0.05) is 37.8 Å². The van der Waals surface area contributed by atoms with Gasteiger partial charge in [-0.2, -0.15) is 0 Å². The number of halogens is 1. The van der Waals surface area contributed by atoms with Crippen LogP contribution >= 0.6 is 0 Å². The minimum Gasteiger partial charge on any atom is -0.507 e. The van der Waals surface area contributed by atoms with Crippen molar-refractivity contribution in [3.05, 3.63) is 65.0 Å². The zero-order chi connectivity index (χ0) is 23.5. The summed E-state index contributed by atoms with van der Waals surface area (Å²) in [5.41, 5.74) is -0.232. The Hall–Kier alpha value is -3.43. The first kappa shape index (κ1) is 22.8. The molecule has 0 bridgehead atoms. The summed E-state index contributed by atoms with van der Waals surface area (Å²) in [6.07, 6.45) is 0. The van der Waals surface area contributed by atoms with Crippen molar-refractivity contribution in [2.45, 2.75) is 6.04 Å². The summed E-state index contributed by atoms with van der Waals surface area (Å²) in [5, 5.41) is 21.4. The first-order valence-electron chi connectivity index (χ1n) is 10.6. The van der Waals surface area contributed by atoms with Crippen LogP contribution in [0.1, 0.15) is 17.2 Å². The second-order valence-electron chi connectivity index (χ2n) is 7.85. The molecule has 8 nitrogen and oxygen atoms in total. The Kier molecular flexibility index (Phi) is 6.62. The Bertz CT molecular complexity index is 1100. The van der Waals surface area contributed by atoms with E-state index in [1.54, 1.807) is 6.07 Å². The number of likely N-dealkylation sites (tertiary alicyclic amines) is 1. The third-order valence-electron chi connectivity index (χ3n) is 5.96. The van der Waals surface area contributed by atoms with Crippen molar-refractivity contribution >= 4 is 17.4 Å². The number of ketones is 1. The van der Waals surface area contributed by atoms with Crippen molar-refractivity contribution in [2.75, 3.05) is 46.5 Å². The number of morpholine rings is 1. The summed E-state index contributed by atoms with van der Waals surface area (Å²) in [6, 6.07) is 8.86. The van der Waals surface area contributed by atoms with E-state index in [9.17, 15) is 24.2 Å². The zero-order valence-electron chi connectivity index (χ0n) is 18.2. The maximum absolute atomic E-state index is 14.8. The number of nitrogens with zero attached hydrogens (tertiary/aromatic N) is 2. The van der Waals surface area contributed by atoms with Gasteiger partial charge in [0.15, 0.2) is 0 Å². The second-order valence-corrected chi connectivity index (χ2v) is 7.85. The Labute approximate surface area is 190 Å². The van der Waals surface area contributed by atoms with E-state index < -0.39 is 29.3 Å². The summed E-state index contributed by atoms with van der Waals surface area (Å²) in [7, 11) is 1.42. The first-order valence-corrected chi connectivity index (χ1v) is 10.6. The van der Waals surface area contributed by atoms with Gasteiger partial charge in [-0.15, -0.1) is 0 Å². The molecular weight excluding hydrogens is 431 g/mol. The molecule has 2 aliphatic heterocycles. The summed E-state index contributed by atoms with van der Waals surface area (Å²) in [6.45, 7) is 3.16. The molecule has 1 amide bonds. The Morgan fingerprint density at radius 1 is 1.15 bits per heavy atom. The van der Waals surface area contributed by atoms with E-state index in [0.717, 1.165) is 0 Å². The molecule has 2 heterocycles. The number of hydrogen-bond donors (Lipinski definition) is 2. The number of phenolic OH excluding ortho intramolecular Hbond substituents is 1. The van der Waals surface area contributed by atoms with Gasteiger partial charge in [0.25, 0.3) is 11.7 Å². The van der Waals surface area contributed by atoms with Crippen LogP contribution in [0, 0.1) is 5.82 Å². The summed E-state index contributed by atoms with van der Waals surface area (Å²) in [5.74, 6) is -2.93. The van der Waals surface area contributed by atoms with Gasteiger partial charge in [-0.1, -0.05) is 18.2 Å². The number of amides is 1. The van der Waals surface area contributed by atoms with Crippen molar-refractivity contribution in [3.63, 3.8) is 0 Å². The van der Waals surface area contributed by atoms with Crippen LogP contribution in [-0.4, -0.2) is 78.2 Å². The lowest BCUT2D eigenvalue weighted by Gasteiger charge is -2.31. The average Bonchev–Trinajstić information content (AvgIpc) is 3.08. The molecule has 2 aromatic carbocycles. The van der Waals surface area contributed by atoms with Crippen LogP contribution in [0.4, 0.5) is 4.39 Å². The normalized spacial score (nSPS) is 20.9. The van der Waals surface area contributed by atoms with Gasteiger partial charge in [0.05, 0.1) is 37.5 Å². The maximum atomic E-state index is 14.8. The molecule has 9 heteroatoms. The smallest absolute Gasteiger partial charge is 0.295 e. The second kappa shape index (κ2) is 9.60. The molecule has 0 radical (unpaired) electrons. The number of rotatable bonds is 6. The minimum absolute atomic E-state index is 0.0525. The van der Waals surface area contributed by atoms with Crippen LogP contribution in [0.15, 0.2) is 48.0 Å². The fourth-order valence-corrected chi connectivity index (χ4v) is 4.19. The average molecular weight is 456 g/mol. The molecule has 1 atom stereocenters. The molecule has 174 valence electrons. The number of phenols is 1. The molecule has 0 aromatic heterocycles. The number of aliphatic hydroxyl groups is 1. The number of ether oxygens (including phenoxy) is 2. The van der Waals surface area contributed by atoms with Gasteiger partial charge in [0.2, 0.25) is 0 Å². The van der Waals surface area contributed by atoms with Crippen molar-refractivity contribution in [1.29, 1.82) is 0 Å². The van der Waals surface area contributed by atoms with Crippen LogP contribution in [-0.2, 0) is 14.3 Å². The van der Waals surface area contributed by atoms with Crippen LogP contribution in [0.2, 0.25) is 0 Å². The van der Waals surface area contributed by atoms with Crippen LogP contribution in [0.3, 0.4) is 0 Å². The SMILES string of the molecule is COc1ccc(C(O)=C2C(=O)C(=O)N(CCN3CCOCC3)[C@@H]2c2ccccc2F)c(O)c1. The molecular formula is C24H25FN2O6. The number of hydrogen-bond acceptors (Lipinski definition) is 7. The highest BCUT2D eigenvalue weighted by molar-refractivity contribution is 6.46. The minimum atomic E-state index is -1.13. The van der Waals surface area contributed by atoms with E-state index in [4.69, 9.17) is 9.47 Å². The van der Waals surface area contributed by atoms with Crippen LogP contribution in [0.5, 0.6) is 11.5 Å². The van der Waals surface area contributed by atoms with Crippen molar-refractivity contribution in [2.24, 2.45) is 0 Å². The fourth-order valence-electron chi connectivity index (χ4n) is 4.19. The lowest BCUT2D eigenvalue weighted by Crippen LogP contribution is -2.42. The molecule has 2 fully saturated rings. The number of Topliss-reactive ketones (excluding diaryl/α,β-unsaturated/α-hetero) is 1. The Morgan fingerprint density at radius 2 is 1.88 bits per heavy atom. The summed E-state index contributed by atoms with van der Waals surface area (Å²) in [4.78, 5) is 29.4. The number of aromatic hydroxyl groups is 1. The highest BCUT2D eigenvalue weighted by atomic mass is 19.1. The number of carbonyl (C=O) groups excluding carboxylic acids is 2. The number of methoxy groups -OCH3 is 1. The quantitative estimate of drug-likeness (QED) is 0.391. The van der Waals surface area contributed by atoms with Gasteiger partial charge < -0.3 is 24.6 Å². The fraction of sp³-hybridized carbons (Fsp3) is 0.333. The van der Waals surface area contributed by atoms with E-state index in [-0.39, 0.29) is 29.0 Å². The zero-order valence-corrected chi connectivity index (χ0v) is 18.2. The highest BCUT2D eigenvalue weighted by Crippen LogP contribution is 2.41.